The van der Waals surface area contributed by atoms with Crippen molar-refractivity contribution in [2.45, 2.75) is 162 Å². The third kappa shape index (κ3) is 41.2. The Morgan fingerprint density at radius 2 is 0.516 bits per heavy atom. The highest BCUT2D eigenvalue weighted by atomic mass is 79.9. The average Bonchev–Trinajstić information content (AvgIpc) is 2.70. The fraction of sp³-hybridized carbons (Fsp3) is 1.00. The summed E-state index contributed by atoms with van der Waals surface area (Å²) in [6, 6.07) is 0. The second-order valence-corrected chi connectivity index (χ2v) is 10.7. The van der Waals surface area contributed by atoms with Gasteiger partial charge in [0, 0.05) is 0 Å². The smallest absolute Gasteiger partial charge is 0.0780 e. The molecule has 0 rings (SSSR count). The Bertz CT molecular complexity index is 277. The lowest BCUT2D eigenvalue weighted by atomic mass is 10.0. The number of unbranched alkanes of at least 4 members (excludes halogenated alkanes) is 20. The van der Waals surface area contributed by atoms with E-state index in [2.05, 4.69) is 41.9 Å². The summed E-state index contributed by atoms with van der Waals surface area (Å²) >= 11 is 0. The van der Waals surface area contributed by atoms with Crippen molar-refractivity contribution in [1.82, 2.24) is 0 Å². The van der Waals surface area contributed by atoms with E-state index in [4.69, 9.17) is 0 Å². The van der Waals surface area contributed by atoms with E-state index >= 15 is 0 Å². The summed E-state index contributed by atoms with van der Waals surface area (Å²) in [6.45, 7) is 8.17. The van der Waals surface area contributed by atoms with E-state index in [0.29, 0.717) is 0 Å². The predicted octanol–water partition coefficient (Wildman–Crippen LogP) is 7.32. The molecule has 0 bridgehead atoms. The number of rotatable bonds is 22. The van der Waals surface area contributed by atoms with Gasteiger partial charge in [0.15, 0.2) is 0 Å². The van der Waals surface area contributed by atoms with E-state index in [1.165, 1.54) is 148 Å². The molecule has 0 aromatic heterocycles. The van der Waals surface area contributed by atoms with Gasteiger partial charge in [-0.05, 0) is 12.8 Å². The van der Waals surface area contributed by atoms with E-state index in [0.717, 1.165) is 4.48 Å². The summed E-state index contributed by atoms with van der Waals surface area (Å²) < 4.78 is 1.12. The second-order valence-electron chi connectivity index (χ2n) is 10.7. The fourth-order valence-corrected chi connectivity index (χ4v) is 3.99. The van der Waals surface area contributed by atoms with Crippen LogP contribution in [0.1, 0.15) is 162 Å². The molecule has 1 nitrogen and oxygen atoms in total. The number of halogens is 1. The lowest BCUT2D eigenvalue weighted by molar-refractivity contribution is -0.870. The van der Waals surface area contributed by atoms with Gasteiger partial charge in [-0.1, -0.05) is 149 Å². The van der Waals surface area contributed by atoms with Gasteiger partial charge in [0.25, 0.3) is 0 Å². The zero-order valence-corrected chi connectivity index (χ0v) is 24.7. The second kappa shape index (κ2) is 30.4. The minimum absolute atomic E-state index is 0. The van der Waals surface area contributed by atoms with Gasteiger partial charge >= 0.3 is 0 Å². The van der Waals surface area contributed by atoms with Crippen LogP contribution in [0.25, 0.3) is 0 Å². The summed E-state index contributed by atoms with van der Waals surface area (Å²) in [4.78, 5) is 0. The van der Waals surface area contributed by atoms with Crippen LogP contribution in [0.15, 0.2) is 0 Å². The van der Waals surface area contributed by atoms with Gasteiger partial charge in [0.1, 0.15) is 0 Å². The fourth-order valence-electron chi connectivity index (χ4n) is 3.99. The molecule has 0 unspecified atom stereocenters. The van der Waals surface area contributed by atoms with Crippen molar-refractivity contribution in [3.05, 3.63) is 0 Å². The van der Waals surface area contributed by atoms with Crippen LogP contribution in [-0.2, 0) is 0 Å². The molecule has 0 aromatic rings. The van der Waals surface area contributed by atoms with Gasteiger partial charge in [-0.2, -0.15) is 0 Å². The predicted molar refractivity (Wildman–Crippen MR) is 141 cm³/mol. The first-order valence-corrected chi connectivity index (χ1v) is 14.3. The van der Waals surface area contributed by atoms with Crippen LogP contribution in [-0.4, -0.2) is 32.2 Å². The maximum absolute atomic E-state index is 2.29. The Hall–Kier alpha value is 0.440. The Morgan fingerprint density at radius 1 is 0.323 bits per heavy atom. The van der Waals surface area contributed by atoms with E-state index in [-0.39, 0.29) is 17.0 Å². The lowest BCUT2D eigenvalue weighted by Crippen LogP contribution is -3.00. The highest BCUT2D eigenvalue weighted by Crippen LogP contribution is 2.13. The molecular formula is C29H64BrN. The SMILES string of the molecule is CCCCCCCCCC.CCCCCCCCCCCCCCCC[N+](C)(C)C.[Br-]. The van der Waals surface area contributed by atoms with Crippen molar-refractivity contribution in [1.29, 1.82) is 0 Å². The standard InChI is InChI=1S/C19H42N.C10H22.BrH/c1-5-6-7-8-9-10-11-12-13-14-15-16-17-18-19-20(2,3)4;1-3-5-7-9-10-8-6-4-2;/h5-19H2,1-4H3;3-10H2,1-2H3;1H/q+1;;/p-1. The van der Waals surface area contributed by atoms with Crippen LogP contribution in [0.4, 0.5) is 0 Å². The number of nitrogens with zero attached hydrogens (tertiary/aromatic N) is 1. The van der Waals surface area contributed by atoms with Gasteiger partial charge in [-0.15, -0.1) is 0 Å². The van der Waals surface area contributed by atoms with Crippen molar-refractivity contribution in [2.75, 3.05) is 27.7 Å². The Kier molecular flexibility index (Phi) is 35.4. The zero-order valence-electron chi connectivity index (χ0n) is 23.1. The maximum Gasteiger partial charge on any atom is 0.0780 e. The first-order valence-electron chi connectivity index (χ1n) is 14.3. The third-order valence-electron chi connectivity index (χ3n) is 6.14. The topological polar surface area (TPSA) is 0 Å². The molecule has 0 spiro atoms. The van der Waals surface area contributed by atoms with E-state index in [1.807, 2.05) is 0 Å². The van der Waals surface area contributed by atoms with Crippen molar-refractivity contribution >= 4 is 0 Å². The van der Waals surface area contributed by atoms with Gasteiger partial charge in [-0.25, -0.2) is 0 Å². The molecule has 31 heavy (non-hydrogen) atoms. The number of hydrogen-bond donors (Lipinski definition) is 0. The first kappa shape index (κ1) is 36.0. The van der Waals surface area contributed by atoms with Crippen LogP contribution in [0.3, 0.4) is 0 Å². The molecule has 0 aliphatic carbocycles. The van der Waals surface area contributed by atoms with Crippen LogP contribution >= 0.6 is 0 Å². The van der Waals surface area contributed by atoms with Gasteiger partial charge in [0.05, 0.1) is 27.7 Å². The normalized spacial score (nSPS) is 11.0. The average molecular weight is 507 g/mol. The van der Waals surface area contributed by atoms with Crippen molar-refractivity contribution in [2.24, 2.45) is 0 Å². The highest BCUT2D eigenvalue weighted by Gasteiger charge is 2.04. The molecule has 192 valence electrons. The van der Waals surface area contributed by atoms with Gasteiger partial charge < -0.3 is 21.5 Å². The third-order valence-corrected chi connectivity index (χ3v) is 6.14. The molecule has 0 fully saturated rings. The molecule has 0 saturated heterocycles. The zero-order chi connectivity index (χ0) is 22.8. The minimum atomic E-state index is 0. The molecule has 0 atom stereocenters. The summed E-state index contributed by atoms with van der Waals surface area (Å²) in [6.07, 6.45) is 31.8. The minimum Gasteiger partial charge on any atom is -1.00 e. The lowest BCUT2D eigenvalue weighted by Gasteiger charge is -2.23. The number of hydrogen-bond acceptors (Lipinski definition) is 0. The van der Waals surface area contributed by atoms with E-state index in [9.17, 15) is 0 Å². The molecule has 0 amide bonds. The molecule has 0 N–H and O–H groups in total. The van der Waals surface area contributed by atoms with E-state index in [1.54, 1.807) is 0 Å². The monoisotopic (exact) mass is 505 g/mol. The first-order chi connectivity index (χ1) is 14.5. The molecule has 0 aliphatic rings. The van der Waals surface area contributed by atoms with Crippen LogP contribution in [0.2, 0.25) is 0 Å². The Labute approximate surface area is 210 Å². The van der Waals surface area contributed by atoms with Gasteiger partial charge in [-0.3, -0.25) is 0 Å². The molecule has 0 heterocycles. The summed E-state index contributed by atoms with van der Waals surface area (Å²) in [7, 11) is 6.88. The summed E-state index contributed by atoms with van der Waals surface area (Å²) in [5.74, 6) is 0. The Balaban J connectivity index is -0.000000604. The molecule has 2 heteroatoms. The summed E-state index contributed by atoms with van der Waals surface area (Å²) in [5.41, 5.74) is 0. The highest BCUT2D eigenvalue weighted by molar-refractivity contribution is 4.49. The number of quaternary nitrogens is 1. The molecule has 0 aliphatic heterocycles. The molecule has 0 radical (unpaired) electrons. The van der Waals surface area contributed by atoms with Crippen LogP contribution in [0.5, 0.6) is 0 Å². The Morgan fingerprint density at radius 3 is 0.710 bits per heavy atom. The van der Waals surface area contributed by atoms with Crippen LogP contribution in [0, 0.1) is 0 Å². The summed E-state index contributed by atoms with van der Waals surface area (Å²) in [5, 5.41) is 0. The van der Waals surface area contributed by atoms with E-state index < -0.39 is 0 Å². The quantitative estimate of drug-likeness (QED) is 0.107. The van der Waals surface area contributed by atoms with Gasteiger partial charge in [0.2, 0.25) is 0 Å². The largest absolute Gasteiger partial charge is 1.00 e. The molecule has 0 saturated carbocycles. The van der Waals surface area contributed by atoms with Crippen LogP contribution < -0.4 is 17.0 Å². The van der Waals surface area contributed by atoms with Crippen molar-refractivity contribution < 1.29 is 21.5 Å². The van der Waals surface area contributed by atoms with Crippen molar-refractivity contribution in [3.8, 4) is 0 Å². The molecule has 0 aromatic carbocycles. The van der Waals surface area contributed by atoms with Crippen molar-refractivity contribution in [3.63, 3.8) is 0 Å². The maximum atomic E-state index is 2.29. The molecular weight excluding hydrogens is 442 g/mol.